The zero-order valence-corrected chi connectivity index (χ0v) is 18.3. The number of aliphatic hydroxyl groups is 1. The number of anilines is 1. The van der Waals surface area contributed by atoms with Crippen LogP contribution in [0.5, 0.6) is 5.75 Å². The van der Waals surface area contributed by atoms with Gasteiger partial charge in [0.25, 0.3) is 11.5 Å². The SMILES string of the molecule is CC1(C)OCCn2c1nc(C(=O)NCc1ccc(F)cc1N1C(=O)CC[C@@H]1CO)c(O)c2=O. The smallest absolute Gasteiger partial charge is 0.296 e. The summed E-state index contributed by atoms with van der Waals surface area (Å²) < 4.78 is 20.9. The molecule has 11 heteroatoms. The van der Waals surface area contributed by atoms with Crippen LogP contribution in [0.1, 0.15) is 48.6 Å². The molecule has 0 spiro atoms. The molecule has 2 amide bonds. The molecular weight excluding hydrogens is 435 g/mol. The fourth-order valence-electron chi connectivity index (χ4n) is 4.24. The number of fused-ring (bicyclic) bond motifs is 1. The summed E-state index contributed by atoms with van der Waals surface area (Å²) in [4.78, 5) is 43.4. The first kappa shape index (κ1) is 22.9. The lowest BCUT2D eigenvalue weighted by atomic mass is 10.1. The van der Waals surface area contributed by atoms with Gasteiger partial charge in [-0.1, -0.05) is 6.07 Å². The van der Waals surface area contributed by atoms with E-state index in [9.17, 15) is 29.0 Å². The van der Waals surface area contributed by atoms with Crippen LogP contribution in [0.3, 0.4) is 0 Å². The lowest BCUT2D eigenvalue weighted by Gasteiger charge is -2.32. The van der Waals surface area contributed by atoms with Crippen molar-refractivity contribution in [1.29, 1.82) is 0 Å². The topological polar surface area (TPSA) is 134 Å². The van der Waals surface area contributed by atoms with Crippen molar-refractivity contribution < 1.29 is 28.9 Å². The largest absolute Gasteiger partial charge is 0.501 e. The van der Waals surface area contributed by atoms with Gasteiger partial charge in [-0.05, 0) is 38.0 Å². The van der Waals surface area contributed by atoms with Gasteiger partial charge in [0, 0.05) is 13.0 Å². The van der Waals surface area contributed by atoms with E-state index in [0.29, 0.717) is 12.0 Å². The number of aliphatic hydroxyl groups excluding tert-OH is 1. The Morgan fingerprint density at radius 1 is 1.36 bits per heavy atom. The van der Waals surface area contributed by atoms with E-state index in [2.05, 4.69) is 10.3 Å². The summed E-state index contributed by atoms with van der Waals surface area (Å²) in [6, 6.07) is 3.31. The molecule has 1 fully saturated rings. The van der Waals surface area contributed by atoms with E-state index in [1.807, 2.05) is 0 Å². The molecule has 1 saturated heterocycles. The number of carbonyl (C=O) groups excluding carboxylic acids is 2. The third kappa shape index (κ3) is 4.09. The van der Waals surface area contributed by atoms with Crippen LogP contribution >= 0.6 is 0 Å². The zero-order chi connectivity index (χ0) is 23.9. The number of hydrogen-bond donors (Lipinski definition) is 3. The van der Waals surface area contributed by atoms with Crippen molar-refractivity contribution in [3.63, 3.8) is 0 Å². The number of carbonyl (C=O) groups is 2. The summed E-state index contributed by atoms with van der Waals surface area (Å²) in [5.74, 6) is -2.19. The van der Waals surface area contributed by atoms with Crippen molar-refractivity contribution in [3.05, 3.63) is 51.5 Å². The normalized spacial score (nSPS) is 19.5. The minimum absolute atomic E-state index is 0.129. The van der Waals surface area contributed by atoms with Crippen LogP contribution in [0.25, 0.3) is 0 Å². The number of amides is 2. The molecule has 1 aromatic carbocycles. The number of aromatic nitrogens is 2. The molecule has 0 bridgehead atoms. The number of nitrogens with zero attached hydrogens (tertiary/aromatic N) is 3. The van der Waals surface area contributed by atoms with E-state index < -0.39 is 40.4 Å². The lowest BCUT2D eigenvalue weighted by molar-refractivity contribution is -0.117. The van der Waals surface area contributed by atoms with Crippen molar-refractivity contribution in [1.82, 2.24) is 14.9 Å². The number of rotatable bonds is 5. The van der Waals surface area contributed by atoms with Crippen molar-refractivity contribution in [2.75, 3.05) is 18.1 Å². The Balaban J connectivity index is 1.63. The highest BCUT2D eigenvalue weighted by Gasteiger charge is 2.35. The second kappa shape index (κ2) is 8.56. The predicted octanol–water partition coefficient (Wildman–Crippen LogP) is 0.771. The fraction of sp³-hybridized carbons (Fsp3) is 0.455. The minimum atomic E-state index is -0.931. The molecule has 0 aliphatic carbocycles. The molecule has 176 valence electrons. The maximum absolute atomic E-state index is 14.0. The summed E-state index contributed by atoms with van der Waals surface area (Å²) in [7, 11) is 0. The van der Waals surface area contributed by atoms with Gasteiger partial charge in [0.2, 0.25) is 11.7 Å². The molecule has 3 N–H and O–H groups in total. The Morgan fingerprint density at radius 3 is 2.85 bits per heavy atom. The van der Waals surface area contributed by atoms with Crippen LogP contribution < -0.4 is 15.8 Å². The molecule has 4 rings (SSSR count). The third-order valence-corrected chi connectivity index (χ3v) is 5.96. The first-order valence-electron chi connectivity index (χ1n) is 10.6. The summed E-state index contributed by atoms with van der Waals surface area (Å²) >= 11 is 0. The number of halogens is 1. The molecular formula is C22H25FN4O6. The first-order chi connectivity index (χ1) is 15.6. The van der Waals surface area contributed by atoms with Crippen molar-refractivity contribution in [3.8, 4) is 5.75 Å². The number of benzene rings is 1. The highest BCUT2D eigenvalue weighted by Crippen LogP contribution is 2.31. The van der Waals surface area contributed by atoms with Crippen molar-refractivity contribution in [2.24, 2.45) is 0 Å². The van der Waals surface area contributed by atoms with E-state index in [0.717, 1.165) is 0 Å². The summed E-state index contributed by atoms with van der Waals surface area (Å²) in [5, 5.41) is 22.5. The van der Waals surface area contributed by atoms with E-state index >= 15 is 0 Å². The Kier molecular flexibility index (Phi) is 5.93. The molecule has 1 atom stereocenters. The molecule has 0 saturated carbocycles. The van der Waals surface area contributed by atoms with Gasteiger partial charge in [0.1, 0.15) is 17.2 Å². The van der Waals surface area contributed by atoms with Gasteiger partial charge in [-0.15, -0.1) is 0 Å². The lowest BCUT2D eigenvalue weighted by Crippen LogP contribution is -2.42. The summed E-state index contributed by atoms with van der Waals surface area (Å²) in [6.45, 7) is 3.48. The average Bonchev–Trinajstić information content (AvgIpc) is 3.15. The molecule has 3 heterocycles. The van der Waals surface area contributed by atoms with Gasteiger partial charge in [0.05, 0.1) is 31.5 Å². The highest BCUT2D eigenvalue weighted by atomic mass is 19.1. The molecule has 0 unspecified atom stereocenters. The minimum Gasteiger partial charge on any atom is -0.501 e. The highest BCUT2D eigenvalue weighted by molar-refractivity contribution is 5.97. The van der Waals surface area contributed by atoms with Gasteiger partial charge in [0.15, 0.2) is 5.69 Å². The van der Waals surface area contributed by atoms with Crippen LogP contribution in [0.4, 0.5) is 10.1 Å². The van der Waals surface area contributed by atoms with E-state index in [1.165, 1.54) is 27.7 Å². The van der Waals surface area contributed by atoms with Crippen LogP contribution in [-0.4, -0.2) is 50.8 Å². The number of nitrogens with one attached hydrogen (secondary N) is 1. The fourth-order valence-corrected chi connectivity index (χ4v) is 4.24. The van der Waals surface area contributed by atoms with Crippen LogP contribution in [0.2, 0.25) is 0 Å². The molecule has 2 aliphatic heterocycles. The van der Waals surface area contributed by atoms with Crippen LogP contribution in [0.15, 0.2) is 23.0 Å². The van der Waals surface area contributed by atoms with Gasteiger partial charge in [-0.25, -0.2) is 9.37 Å². The van der Waals surface area contributed by atoms with E-state index in [4.69, 9.17) is 4.74 Å². The standard InChI is InChI=1S/C22H25FN4O6/c1-22(2)21-25-17(18(30)20(32)26(21)7-8-33-22)19(31)24-10-12-3-4-13(23)9-15(12)27-14(11-28)5-6-16(27)29/h3-4,9,14,28,30H,5-8,10-11H2,1-2H3,(H,24,31)/t14-/m1/s1. The zero-order valence-electron chi connectivity index (χ0n) is 18.3. The van der Waals surface area contributed by atoms with Crippen molar-refractivity contribution in [2.45, 2.75) is 51.4 Å². The molecule has 1 aromatic heterocycles. The Labute approximate surface area is 188 Å². The van der Waals surface area contributed by atoms with Gasteiger partial charge in [-0.3, -0.25) is 19.0 Å². The van der Waals surface area contributed by atoms with Crippen LogP contribution in [0, 0.1) is 5.82 Å². The van der Waals surface area contributed by atoms with Gasteiger partial charge in [-0.2, -0.15) is 0 Å². The maximum Gasteiger partial charge on any atom is 0.296 e. The Bertz CT molecular complexity index is 1180. The van der Waals surface area contributed by atoms with Crippen molar-refractivity contribution >= 4 is 17.5 Å². The Morgan fingerprint density at radius 2 is 2.12 bits per heavy atom. The van der Waals surface area contributed by atoms with E-state index in [1.54, 1.807) is 13.8 Å². The molecule has 0 radical (unpaired) electrons. The molecule has 2 aromatic rings. The van der Waals surface area contributed by atoms with Gasteiger partial charge >= 0.3 is 0 Å². The Hall–Kier alpha value is -3.31. The number of ether oxygens (including phenoxy) is 1. The molecule has 33 heavy (non-hydrogen) atoms. The quantitative estimate of drug-likeness (QED) is 0.600. The molecule has 2 aliphatic rings. The first-order valence-corrected chi connectivity index (χ1v) is 10.6. The maximum atomic E-state index is 14.0. The summed E-state index contributed by atoms with van der Waals surface area (Å²) in [6.07, 6.45) is 0.661. The summed E-state index contributed by atoms with van der Waals surface area (Å²) in [5.41, 5.74) is -1.44. The monoisotopic (exact) mass is 460 g/mol. The third-order valence-electron chi connectivity index (χ3n) is 5.96. The van der Waals surface area contributed by atoms with Crippen LogP contribution in [-0.2, 0) is 28.2 Å². The number of hydrogen-bond acceptors (Lipinski definition) is 7. The second-order valence-corrected chi connectivity index (χ2v) is 8.54. The molecule has 10 nitrogen and oxygen atoms in total. The van der Waals surface area contributed by atoms with E-state index in [-0.39, 0.29) is 50.1 Å². The van der Waals surface area contributed by atoms with Gasteiger partial charge < -0.3 is 25.2 Å². The second-order valence-electron chi connectivity index (χ2n) is 8.54. The average molecular weight is 460 g/mol. The predicted molar refractivity (Wildman–Crippen MR) is 114 cm³/mol. The number of aromatic hydroxyl groups is 1.